The molecule has 26 heavy (non-hydrogen) atoms. The Kier molecular flexibility index (Phi) is 7.30. The number of nitrogens with zero attached hydrogens (tertiary/aromatic N) is 3. The molecule has 6 heteroatoms. The standard InChI is InChI=1S/C20H32N4O2/c1-5-22(4)18-10-8-9-17(15-18)21-19(25)16-11-13-24(14-12-16)20(26)23(6-2)7-3/h8-10,15-16H,5-7,11-14H2,1-4H3,(H,21,25). The van der Waals surface area contributed by atoms with Gasteiger partial charge in [0.1, 0.15) is 0 Å². The molecule has 2 rings (SSSR count). The predicted octanol–water partition coefficient (Wildman–Crippen LogP) is 3.26. The van der Waals surface area contributed by atoms with E-state index in [4.69, 9.17) is 0 Å². The zero-order chi connectivity index (χ0) is 19.1. The van der Waals surface area contributed by atoms with Gasteiger partial charge in [0.15, 0.2) is 0 Å². The van der Waals surface area contributed by atoms with Gasteiger partial charge in [0.2, 0.25) is 5.91 Å². The maximum atomic E-state index is 12.6. The SMILES string of the molecule is CCN(CC)C(=O)N1CCC(C(=O)Nc2cccc(N(C)CC)c2)CC1. The zero-order valence-electron chi connectivity index (χ0n) is 16.5. The van der Waals surface area contributed by atoms with Crippen molar-refractivity contribution in [2.75, 3.05) is 50.0 Å². The summed E-state index contributed by atoms with van der Waals surface area (Å²) in [5.41, 5.74) is 1.92. The van der Waals surface area contributed by atoms with Gasteiger partial charge in [-0.1, -0.05) is 6.07 Å². The Bertz CT molecular complexity index is 608. The Labute approximate surface area is 157 Å². The number of carbonyl (C=O) groups is 2. The van der Waals surface area contributed by atoms with Crippen LogP contribution in [0.1, 0.15) is 33.6 Å². The molecule has 1 N–H and O–H groups in total. The molecule has 0 spiro atoms. The maximum absolute atomic E-state index is 12.6. The molecule has 1 aliphatic rings. The van der Waals surface area contributed by atoms with Crippen molar-refractivity contribution >= 4 is 23.3 Å². The van der Waals surface area contributed by atoms with Gasteiger partial charge < -0.3 is 20.0 Å². The van der Waals surface area contributed by atoms with Crippen LogP contribution in [0.5, 0.6) is 0 Å². The predicted molar refractivity (Wildman–Crippen MR) is 107 cm³/mol. The number of likely N-dealkylation sites (tertiary alicyclic amines) is 1. The monoisotopic (exact) mass is 360 g/mol. The summed E-state index contributed by atoms with van der Waals surface area (Å²) in [4.78, 5) is 30.8. The second-order valence-corrected chi connectivity index (χ2v) is 6.77. The molecule has 1 aromatic rings. The van der Waals surface area contributed by atoms with Crippen LogP contribution in [0.2, 0.25) is 0 Å². The summed E-state index contributed by atoms with van der Waals surface area (Å²) < 4.78 is 0. The Morgan fingerprint density at radius 1 is 1.12 bits per heavy atom. The molecule has 6 nitrogen and oxygen atoms in total. The van der Waals surface area contributed by atoms with Crippen LogP contribution in [-0.4, -0.2) is 61.5 Å². The minimum absolute atomic E-state index is 0.0386. The van der Waals surface area contributed by atoms with Gasteiger partial charge in [-0.05, 0) is 51.8 Å². The van der Waals surface area contributed by atoms with Crippen LogP contribution in [0.25, 0.3) is 0 Å². The van der Waals surface area contributed by atoms with Gasteiger partial charge in [-0.15, -0.1) is 0 Å². The van der Waals surface area contributed by atoms with Crippen molar-refractivity contribution in [2.24, 2.45) is 5.92 Å². The van der Waals surface area contributed by atoms with Gasteiger partial charge in [-0.2, -0.15) is 0 Å². The molecule has 1 fully saturated rings. The Hall–Kier alpha value is -2.24. The van der Waals surface area contributed by atoms with Gasteiger partial charge in [0.05, 0.1) is 0 Å². The van der Waals surface area contributed by atoms with Crippen molar-refractivity contribution in [1.82, 2.24) is 9.80 Å². The summed E-state index contributed by atoms with van der Waals surface area (Å²) in [6, 6.07) is 8.01. The van der Waals surface area contributed by atoms with Gasteiger partial charge >= 0.3 is 6.03 Å². The lowest BCUT2D eigenvalue weighted by Gasteiger charge is -2.34. The maximum Gasteiger partial charge on any atom is 0.319 e. The molecule has 3 amide bonds. The van der Waals surface area contributed by atoms with Crippen LogP contribution in [0.15, 0.2) is 24.3 Å². The number of urea groups is 1. The van der Waals surface area contributed by atoms with Crippen LogP contribution in [0.3, 0.4) is 0 Å². The molecule has 0 atom stereocenters. The molecule has 1 aromatic carbocycles. The smallest absolute Gasteiger partial charge is 0.319 e. The molecular weight excluding hydrogens is 328 g/mol. The van der Waals surface area contributed by atoms with E-state index in [0.717, 1.165) is 31.0 Å². The van der Waals surface area contributed by atoms with Crippen molar-refractivity contribution in [3.05, 3.63) is 24.3 Å². The van der Waals surface area contributed by atoms with Crippen LogP contribution in [0.4, 0.5) is 16.2 Å². The number of carbonyl (C=O) groups excluding carboxylic acids is 2. The van der Waals surface area contributed by atoms with Gasteiger partial charge in [-0.3, -0.25) is 4.79 Å². The van der Waals surface area contributed by atoms with E-state index in [-0.39, 0.29) is 17.9 Å². The molecule has 1 heterocycles. The van der Waals surface area contributed by atoms with Gasteiger partial charge in [0.25, 0.3) is 0 Å². The lowest BCUT2D eigenvalue weighted by atomic mass is 9.96. The summed E-state index contributed by atoms with van der Waals surface area (Å²) in [5, 5.41) is 3.04. The van der Waals surface area contributed by atoms with Crippen LogP contribution in [0, 0.1) is 5.92 Å². The number of hydrogen-bond donors (Lipinski definition) is 1. The van der Waals surface area contributed by atoms with E-state index in [2.05, 4.69) is 17.1 Å². The molecule has 144 valence electrons. The van der Waals surface area contributed by atoms with Crippen molar-refractivity contribution in [3.63, 3.8) is 0 Å². The number of amides is 3. The average Bonchev–Trinajstić information content (AvgIpc) is 2.68. The molecule has 1 aliphatic heterocycles. The molecule has 0 unspecified atom stereocenters. The van der Waals surface area contributed by atoms with E-state index < -0.39 is 0 Å². The van der Waals surface area contributed by atoms with Gasteiger partial charge in [-0.25, -0.2) is 4.79 Å². The zero-order valence-corrected chi connectivity index (χ0v) is 16.5. The topological polar surface area (TPSA) is 55.9 Å². The van der Waals surface area contributed by atoms with E-state index in [9.17, 15) is 9.59 Å². The number of nitrogens with one attached hydrogen (secondary N) is 1. The van der Waals surface area contributed by atoms with Crippen LogP contribution >= 0.6 is 0 Å². The van der Waals surface area contributed by atoms with E-state index in [1.54, 1.807) is 0 Å². The summed E-state index contributed by atoms with van der Waals surface area (Å²) in [6.07, 6.45) is 1.43. The molecule has 0 bridgehead atoms. The average molecular weight is 361 g/mol. The fourth-order valence-electron chi connectivity index (χ4n) is 3.28. The summed E-state index contributed by atoms with van der Waals surface area (Å²) in [6.45, 7) is 9.72. The number of piperidine rings is 1. The molecule has 0 aromatic heterocycles. The summed E-state index contributed by atoms with van der Waals surface area (Å²) in [5.74, 6) is 0.0135. The summed E-state index contributed by atoms with van der Waals surface area (Å²) >= 11 is 0. The number of benzene rings is 1. The third-order valence-electron chi connectivity index (χ3n) is 5.20. The molecule has 0 radical (unpaired) electrons. The number of anilines is 2. The molecule has 0 saturated carbocycles. The first-order valence-electron chi connectivity index (χ1n) is 9.66. The third-order valence-corrected chi connectivity index (χ3v) is 5.20. The van der Waals surface area contributed by atoms with Gasteiger partial charge in [0, 0.05) is 57.1 Å². The second-order valence-electron chi connectivity index (χ2n) is 6.77. The molecule has 1 saturated heterocycles. The first-order valence-corrected chi connectivity index (χ1v) is 9.66. The first kappa shape index (κ1) is 20.1. The van der Waals surface area contributed by atoms with Crippen LogP contribution in [-0.2, 0) is 4.79 Å². The van der Waals surface area contributed by atoms with E-state index in [1.807, 2.05) is 55.0 Å². The highest BCUT2D eigenvalue weighted by molar-refractivity contribution is 5.93. The normalized spacial score (nSPS) is 14.8. The second kappa shape index (κ2) is 9.46. The number of hydrogen-bond acceptors (Lipinski definition) is 3. The Balaban J connectivity index is 1.90. The van der Waals surface area contributed by atoms with Crippen molar-refractivity contribution < 1.29 is 9.59 Å². The van der Waals surface area contributed by atoms with E-state index >= 15 is 0 Å². The minimum atomic E-state index is -0.0386. The van der Waals surface area contributed by atoms with E-state index in [1.165, 1.54) is 0 Å². The molecule has 0 aliphatic carbocycles. The quantitative estimate of drug-likeness (QED) is 0.847. The number of rotatable bonds is 6. The highest BCUT2D eigenvalue weighted by Crippen LogP contribution is 2.22. The molecular formula is C20H32N4O2. The van der Waals surface area contributed by atoms with E-state index in [0.29, 0.717) is 25.9 Å². The first-order chi connectivity index (χ1) is 12.5. The van der Waals surface area contributed by atoms with Crippen molar-refractivity contribution in [1.29, 1.82) is 0 Å². The highest BCUT2D eigenvalue weighted by Gasteiger charge is 2.28. The lowest BCUT2D eigenvalue weighted by molar-refractivity contribution is -0.121. The Morgan fingerprint density at radius 3 is 2.35 bits per heavy atom. The van der Waals surface area contributed by atoms with Crippen LogP contribution < -0.4 is 10.2 Å². The minimum Gasteiger partial charge on any atom is -0.375 e. The fourth-order valence-corrected chi connectivity index (χ4v) is 3.28. The largest absolute Gasteiger partial charge is 0.375 e. The Morgan fingerprint density at radius 2 is 1.77 bits per heavy atom. The van der Waals surface area contributed by atoms with Crippen molar-refractivity contribution in [3.8, 4) is 0 Å². The third kappa shape index (κ3) is 4.90. The highest BCUT2D eigenvalue weighted by atomic mass is 16.2. The van der Waals surface area contributed by atoms with Crippen molar-refractivity contribution in [2.45, 2.75) is 33.6 Å². The summed E-state index contributed by atoms with van der Waals surface area (Å²) in [7, 11) is 2.03. The lowest BCUT2D eigenvalue weighted by Crippen LogP contribution is -2.47. The fraction of sp³-hybridized carbons (Fsp3) is 0.600.